The van der Waals surface area contributed by atoms with E-state index in [9.17, 15) is 4.79 Å². The highest BCUT2D eigenvalue weighted by Crippen LogP contribution is 2.35. The number of hydrogen-bond donors (Lipinski definition) is 1. The summed E-state index contributed by atoms with van der Waals surface area (Å²) in [7, 11) is 0. The molecule has 198 valence electrons. The summed E-state index contributed by atoms with van der Waals surface area (Å²) < 4.78 is 18.6. The van der Waals surface area contributed by atoms with Gasteiger partial charge in [-0.2, -0.15) is 5.10 Å². The minimum atomic E-state index is -0.315. The number of para-hydroxylation sites is 1. The van der Waals surface area contributed by atoms with Crippen molar-refractivity contribution in [3.63, 3.8) is 0 Å². The maximum Gasteiger partial charge on any atom is 0.272 e. The van der Waals surface area contributed by atoms with Crippen molar-refractivity contribution in [2.24, 2.45) is 5.10 Å². The van der Waals surface area contributed by atoms with E-state index in [4.69, 9.17) is 19.2 Å². The van der Waals surface area contributed by atoms with Gasteiger partial charge >= 0.3 is 0 Å². The molecule has 4 aromatic carbocycles. The van der Waals surface area contributed by atoms with Crippen molar-refractivity contribution in [3.8, 4) is 28.5 Å². The highest BCUT2D eigenvalue weighted by atomic mass is 127. The van der Waals surface area contributed by atoms with Crippen LogP contribution in [0, 0.1) is 3.57 Å². The molecule has 0 aliphatic carbocycles. The van der Waals surface area contributed by atoms with Crippen LogP contribution in [0.2, 0.25) is 0 Å². The van der Waals surface area contributed by atoms with Crippen molar-refractivity contribution >= 4 is 61.5 Å². The number of nitrogens with one attached hydrogen (secondary N) is 1. The minimum Gasteiger partial charge on any atom is -0.487 e. The zero-order valence-electron chi connectivity index (χ0n) is 20.9. The summed E-state index contributed by atoms with van der Waals surface area (Å²) in [5.74, 6) is 1.86. The van der Waals surface area contributed by atoms with Gasteiger partial charge in [0.1, 0.15) is 12.4 Å². The van der Waals surface area contributed by atoms with Crippen LogP contribution in [-0.2, 0) is 6.61 Å². The van der Waals surface area contributed by atoms with Crippen molar-refractivity contribution in [3.05, 3.63) is 116 Å². The molecule has 0 spiro atoms. The number of amides is 1. The second-order valence-corrected chi connectivity index (χ2v) is 10.9. The van der Waals surface area contributed by atoms with Gasteiger partial charge in [0.05, 0.1) is 31.0 Å². The molecule has 9 heteroatoms. The summed E-state index contributed by atoms with van der Waals surface area (Å²) in [5.41, 5.74) is 7.35. The molecule has 1 aliphatic rings. The number of halogens is 2. The van der Waals surface area contributed by atoms with E-state index in [1.165, 1.54) is 0 Å². The van der Waals surface area contributed by atoms with Gasteiger partial charge in [-0.15, -0.1) is 0 Å². The van der Waals surface area contributed by atoms with Gasteiger partial charge in [-0.05, 0) is 86.0 Å². The third kappa shape index (κ3) is 5.66. The minimum absolute atomic E-state index is 0.237. The monoisotopic (exact) mass is 705 g/mol. The lowest BCUT2D eigenvalue weighted by Gasteiger charge is -2.12. The molecule has 0 saturated carbocycles. The molecule has 7 nitrogen and oxygen atoms in total. The van der Waals surface area contributed by atoms with Gasteiger partial charge < -0.3 is 14.2 Å². The van der Waals surface area contributed by atoms with Gasteiger partial charge in [0, 0.05) is 10.9 Å². The molecule has 1 aliphatic heterocycles. The quantitative estimate of drug-likeness (QED) is 0.109. The summed E-state index contributed by atoms with van der Waals surface area (Å²) in [5, 5.41) is 4.99. The second kappa shape index (κ2) is 11.6. The smallest absolute Gasteiger partial charge is 0.272 e. The van der Waals surface area contributed by atoms with Crippen LogP contribution >= 0.6 is 38.5 Å². The number of carbonyl (C=O) groups excluding carboxylic acids is 1. The fourth-order valence-electron chi connectivity index (χ4n) is 4.32. The average molecular weight is 706 g/mol. The number of nitrogens with zero attached hydrogens (tertiary/aromatic N) is 2. The SMILES string of the molecule is O=C(N/N=C/c1cc(Br)c(OCc2ccc3c(c2)OCO3)c(I)c1)c1cc(-c2ccccc2)nc2ccccc12. The molecule has 40 heavy (non-hydrogen) atoms. The Hall–Kier alpha value is -3.96. The first-order valence-electron chi connectivity index (χ1n) is 12.3. The molecule has 1 amide bonds. The van der Waals surface area contributed by atoms with Crippen LogP contribution in [0.15, 0.2) is 101 Å². The maximum atomic E-state index is 13.2. The van der Waals surface area contributed by atoms with Gasteiger partial charge in [-0.1, -0.05) is 54.6 Å². The van der Waals surface area contributed by atoms with Crippen LogP contribution < -0.4 is 19.6 Å². The van der Waals surface area contributed by atoms with Crippen molar-refractivity contribution in [2.75, 3.05) is 6.79 Å². The van der Waals surface area contributed by atoms with Crippen molar-refractivity contribution in [1.29, 1.82) is 0 Å². The standard InChI is InChI=1S/C31H21BrIN3O4/c32-24-12-20(13-25(33)30(24)38-17-19-10-11-28-29(14-19)40-18-39-28)16-34-36-31(37)23-15-27(21-6-2-1-3-7-21)35-26-9-5-4-8-22(23)26/h1-16H,17-18H2,(H,36,37)/b34-16+. The molecule has 1 aromatic heterocycles. The Kier molecular flexibility index (Phi) is 7.65. The van der Waals surface area contributed by atoms with Crippen LogP contribution in [-0.4, -0.2) is 23.9 Å². The van der Waals surface area contributed by atoms with E-state index in [1.54, 1.807) is 12.3 Å². The van der Waals surface area contributed by atoms with Gasteiger partial charge in [0.15, 0.2) is 11.5 Å². The number of hydrogen-bond acceptors (Lipinski definition) is 6. The van der Waals surface area contributed by atoms with E-state index in [1.807, 2.05) is 84.9 Å². The Balaban J connectivity index is 1.17. The number of pyridine rings is 1. The first kappa shape index (κ1) is 26.3. The summed E-state index contributed by atoms with van der Waals surface area (Å²) >= 11 is 5.83. The third-order valence-corrected chi connectivity index (χ3v) is 7.64. The van der Waals surface area contributed by atoms with Gasteiger partial charge in [0.25, 0.3) is 5.91 Å². The lowest BCUT2D eigenvalue weighted by molar-refractivity contribution is 0.0956. The number of carbonyl (C=O) groups is 1. The largest absolute Gasteiger partial charge is 0.487 e. The molecule has 5 aromatic rings. The van der Waals surface area contributed by atoms with E-state index in [-0.39, 0.29) is 12.7 Å². The fourth-order valence-corrected chi connectivity index (χ4v) is 6.09. The molecular weight excluding hydrogens is 685 g/mol. The van der Waals surface area contributed by atoms with Crippen LogP contribution in [0.5, 0.6) is 17.2 Å². The molecule has 0 bridgehead atoms. The molecule has 6 rings (SSSR count). The molecule has 0 atom stereocenters. The van der Waals surface area contributed by atoms with E-state index < -0.39 is 0 Å². The van der Waals surface area contributed by atoms with Gasteiger partial charge in [0.2, 0.25) is 6.79 Å². The number of hydrazone groups is 1. The zero-order valence-corrected chi connectivity index (χ0v) is 24.7. The fraction of sp³-hybridized carbons (Fsp3) is 0.0645. The van der Waals surface area contributed by atoms with E-state index in [2.05, 4.69) is 49.0 Å². The maximum absolute atomic E-state index is 13.2. The van der Waals surface area contributed by atoms with Crippen molar-refractivity contribution in [1.82, 2.24) is 10.4 Å². The molecule has 0 radical (unpaired) electrons. The number of aromatic nitrogens is 1. The normalized spacial score (nSPS) is 12.2. The molecule has 1 N–H and O–H groups in total. The van der Waals surface area contributed by atoms with Gasteiger partial charge in [-0.3, -0.25) is 4.79 Å². The third-order valence-electron chi connectivity index (χ3n) is 6.25. The molecule has 0 fully saturated rings. The van der Waals surface area contributed by atoms with Crippen molar-refractivity contribution < 1.29 is 19.0 Å². The first-order valence-corrected chi connectivity index (χ1v) is 14.2. The van der Waals surface area contributed by atoms with E-state index in [0.717, 1.165) is 58.6 Å². The van der Waals surface area contributed by atoms with Crippen molar-refractivity contribution in [2.45, 2.75) is 6.61 Å². The Labute approximate surface area is 252 Å². The molecule has 0 saturated heterocycles. The summed E-state index contributed by atoms with van der Waals surface area (Å²) in [6.07, 6.45) is 1.61. The topological polar surface area (TPSA) is 82.0 Å². The number of ether oxygens (including phenoxy) is 3. The number of benzene rings is 4. The first-order chi connectivity index (χ1) is 19.5. The predicted octanol–water partition coefficient (Wildman–Crippen LogP) is 7.34. The number of fused-ring (bicyclic) bond motifs is 2. The summed E-state index contributed by atoms with van der Waals surface area (Å²) in [6, 6.07) is 28.8. The number of rotatable bonds is 7. The van der Waals surface area contributed by atoms with Crippen LogP contribution in [0.4, 0.5) is 0 Å². The Morgan fingerprint density at radius 1 is 1.00 bits per heavy atom. The van der Waals surface area contributed by atoms with Crippen LogP contribution in [0.25, 0.3) is 22.2 Å². The summed E-state index contributed by atoms with van der Waals surface area (Å²) in [4.78, 5) is 18.0. The van der Waals surface area contributed by atoms with Gasteiger partial charge in [-0.25, -0.2) is 10.4 Å². The highest BCUT2D eigenvalue weighted by Gasteiger charge is 2.16. The second-order valence-electron chi connectivity index (χ2n) is 8.93. The molecule has 2 heterocycles. The van der Waals surface area contributed by atoms with E-state index >= 15 is 0 Å². The predicted molar refractivity (Wildman–Crippen MR) is 166 cm³/mol. The Morgan fingerprint density at radius 2 is 1.80 bits per heavy atom. The molecule has 0 unspecified atom stereocenters. The summed E-state index contributed by atoms with van der Waals surface area (Å²) in [6.45, 7) is 0.611. The lowest BCUT2D eigenvalue weighted by Crippen LogP contribution is -2.18. The van der Waals surface area contributed by atoms with E-state index in [0.29, 0.717) is 12.2 Å². The average Bonchev–Trinajstić information content (AvgIpc) is 3.45. The highest BCUT2D eigenvalue weighted by molar-refractivity contribution is 14.1. The molecular formula is C31H21BrIN3O4. The zero-order chi connectivity index (χ0) is 27.5. The van der Waals surface area contributed by atoms with Crippen LogP contribution in [0.3, 0.4) is 0 Å². The lowest BCUT2D eigenvalue weighted by atomic mass is 10.0. The Morgan fingerprint density at radius 3 is 2.65 bits per heavy atom. The van der Waals surface area contributed by atoms with Crippen LogP contribution in [0.1, 0.15) is 21.5 Å². The Bertz CT molecular complexity index is 1740.